The van der Waals surface area contributed by atoms with Gasteiger partial charge in [-0.3, -0.25) is 4.79 Å². The fourth-order valence-electron chi connectivity index (χ4n) is 3.84. The van der Waals surface area contributed by atoms with Crippen molar-refractivity contribution in [1.82, 2.24) is 19.9 Å². The molecule has 6 heteroatoms. The number of hydrogen-bond acceptors (Lipinski definition) is 4. The van der Waals surface area contributed by atoms with Gasteiger partial charge in [-0.25, -0.2) is 9.97 Å². The Morgan fingerprint density at radius 2 is 1.53 bits per heavy atom. The van der Waals surface area contributed by atoms with Crippen LogP contribution in [0.2, 0.25) is 0 Å². The van der Waals surface area contributed by atoms with Gasteiger partial charge >= 0.3 is 0 Å². The SMILES string of the molecule is Cc1ccc(CNC(=O)c2c(N)n(Cc3ccccc3)c3nc4ccccc4nc23)cc1. The first-order chi connectivity index (χ1) is 15.6. The summed E-state index contributed by atoms with van der Waals surface area (Å²) in [4.78, 5) is 22.8. The van der Waals surface area contributed by atoms with Crippen LogP contribution in [0.3, 0.4) is 0 Å². The van der Waals surface area contributed by atoms with E-state index in [0.29, 0.717) is 35.6 Å². The van der Waals surface area contributed by atoms with Gasteiger partial charge in [0.15, 0.2) is 5.65 Å². The summed E-state index contributed by atoms with van der Waals surface area (Å²) >= 11 is 0. The monoisotopic (exact) mass is 421 g/mol. The molecule has 0 saturated heterocycles. The number of rotatable bonds is 5. The fourth-order valence-corrected chi connectivity index (χ4v) is 3.84. The number of carbonyl (C=O) groups is 1. The third-order valence-electron chi connectivity index (χ3n) is 5.58. The molecule has 0 bridgehead atoms. The predicted octanol–water partition coefficient (Wildman–Crippen LogP) is 4.45. The summed E-state index contributed by atoms with van der Waals surface area (Å²) in [6.07, 6.45) is 0. The average Bonchev–Trinajstić information content (AvgIpc) is 3.08. The number of anilines is 1. The van der Waals surface area contributed by atoms with Crippen molar-refractivity contribution < 1.29 is 4.79 Å². The van der Waals surface area contributed by atoms with Gasteiger partial charge in [0.2, 0.25) is 0 Å². The van der Waals surface area contributed by atoms with Gasteiger partial charge in [-0.1, -0.05) is 72.3 Å². The summed E-state index contributed by atoms with van der Waals surface area (Å²) in [5, 5.41) is 2.99. The number of nitrogen functional groups attached to an aromatic ring is 1. The molecule has 5 rings (SSSR count). The van der Waals surface area contributed by atoms with Gasteiger partial charge in [-0.2, -0.15) is 0 Å². The maximum Gasteiger partial charge on any atom is 0.257 e. The van der Waals surface area contributed by atoms with E-state index in [4.69, 9.17) is 15.7 Å². The second kappa shape index (κ2) is 8.15. The van der Waals surface area contributed by atoms with E-state index in [1.165, 1.54) is 5.56 Å². The molecule has 0 unspecified atom stereocenters. The van der Waals surface area contributed by atoms with E-state index in [1.807, 2.05) is 90.4 Å². The van der Waals surface area contributed by atoms with E-state index < -0.39 is 0 Å². The number of aryl methyl sites for hydroxylation is 1. The summed E-state index contributed by atoms with van der Waals surface area (Å²) in [6.45, 7) is 2.94. The highest BCUT2D eigenvalue weighted by Gasteiger charge is 2.24. The van der Waals surface area contributed by atoms with Gasteiger partial charge in [-0.05, 0) is 30.2 Å². The molecule has 0 aliphatic heterocycles. The van der Waals surface area contributed by atoms with Crippen molar-refractivity contribution in [2.75, 3.05) is 5.73 Å². The van der Waals surface area contributed by atoms with E-state index in [-0.39, 0.29) is 5.91 Å². The third kappa shape index (κ3) is 3.67. The van der Waals surface area contributed by atoms with Crippen LogP contribution in [0.25, 0.3) is 22.2 Å². The van der Waals surface area contributed by atoms with E-state index in [1.54, 1.807) is 0 Å². The number of hydrogen-bond donors (Lipinski definition) is 2. The second-order valence-corrected chi connectivity index (χ2v) is 7.88. The molecule has 0 atom stereocenters. The van der Waals surface area contributed by atoms with Crippen LogP contribution >= 0.6 is 0 Å². The molecule has 0 aliphatic rings. The average molecular weight is 422 g/mol. The first kappa shape index (κ1) is 19.8. The van der Waals surface area contributed by atoms with Crippen LogP contribution in [0, 0.1) is 6.92 Å². The quantitative estimate of drug-likeness (QED) is 0.439. The van der Waals surface area contributed by atoms with Gasteiger partial charge in [0.1, 0.15) is 16.9 Å². The highest BCUT2D eigenvalue weighted by atomic mass is 16.1. The van der Waals surface area contributed by atoms with Crippen molar-refractivity contribution in [3.05, 3.63) is 101 Å². The summed E-state index contributed by atoms with van der Waals surface area (Å²) in [6, 6.07) is 25.7. The van der Waals surface area contributed by atoms with Gasteiger partial charge in [0.05, 0.1) is 17.6 Å². The van der Waals surface area contributed by atoms with Crippen LogP contribution in [0.15, 0.2) is 78.9 Å². The Morgan fingerprint density at radius 1 is 0.875 bits per heavy atom. The number of nitrogens with zero attached hydrogens (tertiary/aromatic N) is 3. The number of carbonyl (C=O) groups excluding carboxylic acids is 1. The Bertz CT molecular complexity index is 1420. The van der Waals surface area contributed by atoms with Crippen LogP contribution in [-0.2, 0) is 13.1 Å². The number of nitrogens with two attached hydrogens (primary N) is 1. The molecule has 0 aliphatic carbocycles. The predicted molar refractivity (Wildman–Crippen MR) is 127 cm³/mol. The molecule has 5 aromatic rings. The van der Waals surface area contributed by atoms with Gasteiger partial charge in [-0.15, -0.1) is 0 Å². The number of para-hydroxylation sites is 2. The maximum atomic E-state index is 13.2. The molecule has 2 heterocycles. The minimum Gasteiger partial charge on any atom is -0.384 e. The van der Waals surface area contributed by atoms with Crippen LogP contribution < -0.4 is 11.1 Å². The van der Waals surface area contributed by atoms with E-state index in [9.17, 15) is 4.79 Å². The maximum absolute atomic E-state index is 13.2. The number of fused-ring (bicyclic) bond motifs is 2. The molecule has 1 amide bonds. The summed E-state index contributed by atoms with van der Waals surface area (Å²) in [7, 11) is 0. The highest BCUT2D eigenvalue weighted by molar-refractivity contribution is 6.10. The first-order valence-electron chi connectivity index (χ1n) is 10.5. The number of aromatic nitrogens is 3. The molecule has 158 valence electrons. The summed E-state index contributed by atoms with van der Waals surface area (Å²) in [5.41, 5.74) is 12.8. The van der Waals surface area contributed by atoms with Gasteiger partial charge in [0.25, 0.3) is 5.91 Å². The van der Waals surface area contributed by atoms with E-state index in [0.717, 1.165) is 22.2 Å². The lowest BCUT2D eigenvalue weighted by Gasteiger charge is -2.08. The fraction of sp³-hybridized carbons (Fsp3) is 0.115. The number of benzene rings is 3. The molecule has 3 N–H and O–H groups in total. The molecule has 3 aromatic carbocycles. The highest BCUT2D eigenvalue weighted by Crippen LogP contribution is 2.28. The Morgan fingerprint density at radius 3 is 2.25 bits per heavy atom. The number of amides is 1. The van der Waals surface area contributed by atoms with Crippen molar-refractivity contribution in [3.8, 4) is 0 Å². The lowest BCUT2D eigenvalue weighted by Crippen LogP contribution is -2.24. The smallest absolute Gasteiger partial charge is 0.257 e. The standard InChI is InChI=1S/C26H23N5O/c1-17-11-13-18(14-12-17)15-28-26(32)22-23-25(30-21-10-6-5-9-20(21)29-23)31(24(22)27)16-19-7-3-2-4-8-19/h2-14H,15-16,27H2,1H3,(H,28,32). The normalized spacial score (nSPS) is 11.2. The van der Waals surface area contributed by atoms with Crippen LogP contribution in [0.4, 0.5) is 5.82 Å². The second-order valence-electron chi connectivity index (χ2n) is 7.88. The lowest BCUT2D eigenvalue weighted by molar-refractivity contribution is 0.0953. The van der Waals surface area contributed by atoms with Crippen molar-refractivity contribution in [3.63, 3.8) is 0 Å². The van der Waals surface area contributed by atoms with Gasteiger partial charge in [0, 0.05) is 6.54 Å². The minimum atomic E-state index is -0.260. The zero-order chi connectivity index (χ0) is 22.1. The Balaban J connectivity index is 1.58. The third-order valence-corrected chi connectivity index (χ3v) is 5.58. The topological polar surface area (TPSA) is 85.8 Å². The van der Waals surface area contributed by atoms with Crippen LogP contribution in [-0.4, -0.2) is 20.4 Å². The number of nitrogens with one attached hydrogen (secondary N) is 1. The van der Waals surface area contributed by atoms with Crippen molar-refractivity contribution in [1.29, 1.82) is 0 Å². The zero-order valence-corrected chi connectivity index (χ0v) is 17.7. The van der Waals surface area contributed by atoms with Crippen LogP contribution in [0.5, 0.6) is 0 Å². The zero-order valence-electron chi connectivity index (χ0n) is 17.7. The first-order valence-corrected chi connectivity index (χ1v) is 10.5. The molecular weight excluding hydrogens is 398 g/mol. The van der Waals surface area contributed by atoms with Crippen molar-refractivity contribution >= 4 is 33.9 Å². The molecule has 32 heavy (non-hydrogen) atoms. The summed E-state index contributed by atoms with van der Waals surface area (Å²) in [5.74, 6) is 0.102. The van der Waals surface area contributed by atoms with E-state index in [2.05, 4.69) is 5.32 Å². The van der Waals surface area contributed by atoms with E-state index >= 15 is 0 Å². The molecular formula is C26H23N5O. The largest absolute Gasteiger partial charge is 0.384 e. The molecule has 0 saturated carbocycles. The Kier molecular flexibility index (Phi) is 5.03. The molecule has 0 fully saturated rings. The molecule has 0 radical (unpaired) electrons. The summed E-state index contributed by atoms with van der Waals surface area (Å²) < 4.78 is 1.87. The van der Waals surface area contributed by atoms with Crippen molar-refractivity contribution in [2.24, 2.45) is 0 Å². The van der Waals surface area contributed by atoms with Crippen LogP contribution in [0.1, 0.15) is 27.0 Å². The molecule has 0 spiro atoms. The minimum absolute atomic E-state index is 0.260. The Hall–Kier alpha value is -4.19. The van der Waals surface area contributed by atoms with Crippen molar-refractivity contribution in [2.45, 2.75) is 20.0 Å². The lowest BCUT2D eigenvalue weighted by atomic mass is 10.1. The molecule has 6 nitrogen and oxygen atoms in total. The molecule has 2 aromatic heterocycles. The Labute approximate surface area is 185 Å². The van der Waals surface area contributed by atoms with Gasteiger partial charge < -0.3 is 15.6 Å².